The number of phenolic OH excluding ortho intramolecular Hbond substituents is 1. The molecular weight excluding hydrogens is 486 g/mol. The summed E-state index contributed by atoms with van der Waals surface area (Å²) in [6, 6.07) is 13.3. The third-order valence-corrected chi connectivity index (χ3v) is 10.7. The van der Waals surface area contributed by atoms with Crippen LogP contribution >= 0.6 is 0 Å². The van der Waals surface area contributed by atoms with Gasteiger partial charge in [-0.15, -0.1) is 0 Å². The lowest BCUT2D eigenvalue weighted by atomic mass is 9.51. The molecule has 2 saturated carbocycles. The SMILES string of the molecule is Cc1cccc(C=CC(=O)N(C)[C@H]2CC[C@H]3[C@H]4Cc5ccc(O)c6c5[C@@]3(CCN4CC3CC3N(C)C)[C@H]2O6)c1. The van der Waals surface area contributed by atoms with Gasteiger partial charge in [0.25, 0.3) is 0 Å². The number of amides is 1. The van der Waals surface area contributed by atoms with E-state index in [0.717, 1.165) is 43.7 Å². The van der Waals surface area contributed by atoms with Crippen LogP contribution in [0.4, 0.5) is 0 Å². The summed E-state index contributed by atoms with van der Waals surface area (Å²) in [7, 11) is 6.34. The molecule has 1 saturated heterocycles. The summed E-state index contributed by atoms with van der Waals surface area (Å²) in [5, 5.41) is 10.9. The van der Waals surface area contributed by atoms with Gasteiger partial charge in [-0.2, -0.15) is 0 Å². The lowest BCUT2D eigenvalue weighted by molar-refractivity contribution is -0.135. The van der Waals surface area contributed by atoms with Crippen molar-refractivity contribution in [3.63, 3.8) is 0 Å². The molecule has 3 fully saturated rings. The molecule has 2 unspecified atom stereocenters. The van der Waals surface area contributed by atoms with E-state index in [9.17, 15) is 9.90 Å². The highest BCUT2D eigenvalue weighted by atomic mass is 16.5. The molecule has 2 heterocycles. The van der Waals surface area contributed by atoms with Gasteiger partial charge in [0.15, 0.2) is 11.5 Å². The van der Waals surface area contributed by atoms with Gasteiger partial charge in [0, 0.05) is 42.7 Å². The van der Waals surface area contributed by atoms with E-state index in [1.165, 1.54) is 29.7 Å². The van der Waals surface area contributed by atoms with E-state index in [-0.39, 0.29) is 29.2 Å². The minimum absolute atomic E-state index is 0.00798. The van der Waals surface area contributed by atoms with Gasteiger partial charge in [0.05, 0.1) is 6.04 Å². The van der Waals surface area contributed by atoms with Gasteiger partial charge in [0.2, 0.25) is 5.91 Å². The van der Waals surface area contributed by atoms with E-state index < -0.39 is 0 Å². The molecule has 0 radical (unpaired) electrons. The van der Waals surface area contributed by atoms with Crippen LogP contribution in [0.5, 0.6) is 11.5 Å². The largest absolute Gasteiger partial charge is 0.504 e. The summed E-state index contributed by atoms with van der Waals surface area (Å²) in [5.74, 6) is 2.20. The van der Waals surface area contributed by atoms with E-state index in [0.29, 0.717) is 23.8 Å². The van der Waals surface area contributed by atoms with Gasteiger partial charge in [-0.05, 0) is 94.8 Å². The fourth-order valence-corrected chi connectivity index (χ4v) is 8.81. The highest BCUT2D eigenvalue weighted by Crippen LogP contribution is 2.64. The number of piperidine rings is 1. The highest BCUT2D eigenvalue weighted by molar-refractivity contribution is 5.92. The Hall–Kier alpha value is -2.83. The molecule has 39 heavy (non-hydrogen) atoms. The Labute approximate surface area is 232 Å². The van der Waals surface area contributed by atoms with Crippen molar-refractivity contribution in [2.45, 2.75) is 68.7 Å². The van der Waals surface area contributed by atoms with E-state index in [1.54, 1.807) is 6.08 Å². The molecule has 2 aliphatic heterocycles. The highest BCUT2D eigenvalue weighted by Gasteiger charge is 2.66. The molecule has 2 aromatic rings. The predicted molar refractivity (Wildman–Crippen MR) is 153 cm³/mol. The summed E-state index contributed by atoms with van der Waals surface area (Å²) in [4.78, 5) is 20.5. The average molecular weight is 528 g/mol. The molecule has 7 atom stereocenters. The second kappa shape index (κ2) is 9.10. The van der Waals surface area contributed by atoms with E-state index >= 15 is 0 Å². The summed E-state index contributed by atoms with van der Waals surface area (Å²) in [6.07, 6.45) is 8.86. The minimum atomic E-state index is -0.134. The predicted octanol–water partition coefficient (Wildman–Crippen LogP) is 4.23. The van der Waals surface area contributed by atoms with Gasteiger partial charge in [-0.3, -0.25) is 9.69 Å². The Kier molecular flexibility index (Phi) is 5.87. The van der Waals surface area contributed by atoms with Crippen LogP contribution < -0.4 is 4.74 Å². The Morgan fingerprint density at radius 3 is 2.79 bits per heavy atom. The van der Waals surface area contributed by atoms with Crippen molar-refractivity contribution in [2.24, 2.45) is 11.8 Å². The Morgan fingerprint density at radius 1 is 1.18 bits per heavy atom. The third-order valence-electron chi connectivity index (χ3n) is 10.7. The summed E-state index contributed by atoms with van der Waals surface area (Å²) >= 11 is 0. The number of ether oxygens (including phenoxy) is 1. The zero-order valence-corrected chi connectivity index (χ0v) is 23.6. The van der Waals surface area contributed by atoms with Crippen LogP contribution in [0.3, 0.4) is 0 Å². The first-order chi connectivity index (χ1) is 18.8. The molecule has 7 rings (SSSR count). The standard InChI is InChI=1S/C33H41N3O3/c1-20-6-5-7-21(16-20)8-13-29(38)35(4)25-11-10-24-27-17-22-9-12-28(37)31-30(22)33(24,32(25)39-31)14-15-36(27)19-23-18-26(23)34(2)3/h5-9,12-13,16,23-27,32,37H,10-11,14-15,17-19H2,1-4H3/t23?,24-,25-,26?,27+,32-,33-/m0/s1. The van der Waals surface area contributed by atoms with Crippen molar-refractivity contribution in [1.82, 2.24) is 14.7 Å². The molecular formula is C33H41N3O3. The van der Waals surface area contributed by atoms with Gasteiger partial charge < -0.3 is 19.6 Å². The number of aromatic hydroxyl groups is 1. The number of phenols is 1. The van der Waals surface area contributed by atoms with Crippen molar-refractivity contribution < 1.29 is 14.6 Å². The number of hydrogen-bond donors (Lipinski definition) is 1. The number of carbonyl (C=O) groups is 1. The Morgan fingerprint density at radius 2 is 2.03 bits per heavy atom. The maximum atomic E-state index is 13.5. The molecule has 1 N–H and O–H groups in total. The van der Waals surface area contributed by atoms with Crippen molar-refractivity contribution in [3.05, 3.63) is 64.7 Å². The van der Waals surface area contributed by atoms with E-state index in [1.807, 2.05) is 36.2 Å². The van der Waals surface area contributed by atoms with Gasteiger partial charge in [-0.25, -0.2) is 0 Å². The van der Waals surface area contributed by atoms with Crippen LogP contribution in [0.2, 0.25) is 0 Å². The van der Waals surface area contributed by atoms with E-state index in [2.05, 4.69) is 49.0 Å². The Balaban J connectivity index is 1.18. The first-order valence-corrected chi connectivity index (χ1v) is 14.7. The van der Waals surface area contributed by atoms with Crippen LogP contribution in [0.1, 0.15) is 47.9 Å². The van der Waals surface area contributed by atoms with Crippen LogP contribution in [-0.4, -0.2) is 84.2 Å². The van der Waals surface area contributed by atoms with Crippen molar-refractivity contribution in [2.75, 3.05) is 34.2 Å². The minimum Gasteiger partial charge on any atom is -0.504 e. The van der Waals surface area contributed by atoms with Crippen molar-refractivity contribution >= 4 is 12.0 Å². The van der Waals surface area contributed by atoms with Gasteiger partial charge in [0.1, 0.15) is 6.10 Å². The number of carbonyl (C=O) groups excluding carboxylic acids is 1. The summed E-state index contributed by atoms with van der Waals surface area (Å²) < 4.78 is 6.76. The third kappa shape index (κ3) is 3.86. The molecule has 206 valence electrons. The molecule has 1 amide bonds. The zero-order valence-electron chi connectivity index (χ0n) is 23.6. The van der Waals surface area contributed by atoms with Crippen molar-refractivity contribution in [1.29, 1.82) is 0 Å². The molecule has 3 aliphatic carbocycles. The average Bonchev–Trinajstić information content (AvgIpc) is 3.61. The van der Waals surface area contributed by atoms with E-state index in [4.69, 9.17) is 4.74 Å². The molecule has 2 bridgehead atoms. The maximum absolute atomic E-state index is 13.5. The summed E-state index contributed by atoms with van der Waals surface area (Å²) in [6.45, 7) is 4.30. The molecule has 6 nitrogen and oxygen atoms in total. The van der Waals surface area contributed by atoms with Gasteiger partial charge in [-0.1, -0.05) is 35.9 Å². The number of rotatable bonds is 6. The topological polar surface area (TPSA) is 56.3 Å². The Bertz CT molecular complexity index is 1340. The number of aryl methyl sites for hydroxylation is 1. The lowest BCUT2D eigenvalue weighted by Gasteiger charge is -2.60. The van der Waals surface area contributed by atoms with Gasteiger partial charge >= 0.3 is 0 Å². The maximum Gasteiger partial charge on any atom is 0.246 e. The molecule has 5 aliphatic rings. The van der Waals surface area contributed by atoms with Crippen molar-refractivity contribution in [3.8, 4) is 11.5 Å². The molecule has 1 spiro atoms. The zero-order chi connectivity index (χ0) is 27.1. The van der Waals surface area contributed by atoms with Crippen LogP contribution in [0.25, 0.3) is 6.08 Å². The fourth-order valence-electron chi connectivity index (χ4n) is 8.81. The molecule has 0 aromatic heterocycles. The number of benzene rings is 2. The number of likely N-dealkylation sites (tertiary alicyclic amines) is 1. The molecule has 6 heteroatoms. The first-order valence-electron chi connectivity index (χ1n) is 14.7. The van der Waals surface area contributed by atoms with Crippen LogP contribution in [-0.2, 0) is 16.6 Å². The number of nitrogens with zero attached hydrogens (tertiary/aromatic N) is 3. The fraction of sp³-hybridized carbons (Fsp3) is 0.545. The van der Waals surface area contributed by atoms with Crippen LogP contribution in [0.15, 0.2) is 42.5 Å². The first kappa shape index (κ1) is 25.2. The summed E-state index contributed by atoms with van der Waals surface area (Å²) in [5.41, 5.74) is 4.68. The lowest BCUT2D eigenvalue weighted by Crippen LogP contribution is -2.69. The normalized spacial score (nSPS) is 34.2. The second-order valence-corrected chi connectivity index (χ2v) is 13.0. The quantitative estimate of drug-likeness (QED) is 0.570. The van der Waals surface area contributed by atoms with Crippen LogP contribution in [0, 0.1) is 18.8 Å². The smallest absolute Gasteiger partial charge is 0.246 e. The number of likely N-dealkylation sites (N-methyl/N-ethyl adjacent to an activating group) is 1. The second-order valence-electron chi connectivity index (χ2n) is 13.0. The number of hydrogen-bond acceptors (Lipinski definition) is 5. The molecule has 2 aromatic carbocycles. The monoisotopic (exact) mass is 527 g/mol.